The topological polar surface area (TPSA) is 46.5 Å². The van der Waals surface area contributed by atoms with Crippen molar-refractivity contribution in [2.24, 2.45) is 17.8 Å². The van der Waals surface area contributed by atoms with Gasteiger partial charge in [0.25, 0.3) is 0 Å². The third-order valence-corrected chi connectivity index (χ3v) is 5.39. The van der Waals surface area contributed by atoms with Gasteiger partial charge in [-0.1, -0.05) is 44.0 Å². The number of esters is 1. The van der Waals surface area contributed by atoms with Crippen molar-refractivity contribution in [1.82, 2.24) is 0 Å². The van der Waals surface area contributed by atoms with Gasteiger partial charge in [0.05, 0.1) is 16.5 Å². The fraction of sp³-hybridized carbons (Fsp3) is 0.611. The van der Waals surface area contributed by atoms with E-state index in [2.05, 4.69) is 20.8 Å². The average Bonchev–Trinajstić information content (AvgIpc) is 2.46. The number of phenols is 1. The van der Waals surface area contributed by atoms with Crippen LogP contribution in [0.1, 0.15) is 45.6 Å². The van der Waals surface area contributed by atoms with Crippen molar-refractivity contribution in [2.45, 2.75) is 52.6 Å². The van der Waals surface area contributed by atoms with Crippen LogP contribution in [-0.4, -0.2) is 17.2 Å². The van der Waals surface area contributed by atoms with Gasteiger partial charge in [0, 0.05) is 0 Å². The molecule has 1 aromatic carbocycles. The van der Waals surface area contributed by atoms with Gasteiger partial charge in [0.2, 0.25) is 0 Å². The molecule has 0 aliphatic heterocycles. The Morgan fingerprint density at radius 2 is 1.91 bits per heavy atom. The first-order chi connectivity index (χ1) is 10.8. The summed E-state index contributed by atoms with van der Waals surface area (Å²) in [5.41, 5.74) is 0.645. The second-order valence-corrected chi connectivity index (χ2v) is 7.72. The van der Waals surface area contributed by atoms with E-state index in [1.54, 1.807) is 12.1 Å². The van der Waals surface area contributed by atoms with E-state index >= 15 is 0 Å². The van der Waals surface area contributed by atoms with Crippen LogP contribution in [0.2, 0.25) is 10.0 Å². The fourth-order valence-electron chi connectivity index (χ4n) is 3.18. The number of hydrogen-bond acceptors (Lipinski definition) is 3. The minimum absolute atomic E-state index is 0.0216. The zero-order valence-electron chi connectivity index (χ0n) is 13.8. The number of halogens is 2. The molecule has 128 valence electrons. The van der Waals surface area contributed by atoms with E-state index in [4.69, 9.17) is 27.9 Å². The van der Waals surface area contributed by atoms with Crippen molar-refractivity contribution < 1.29 is 14.6 Å². The molecule has 0 saturated heterocycles. The van der Waals surface area contributed by atoms with E-state index in [1.807, 2.05) is 0 Å². The lowest BCUT2D eigenvalue weighted by atomic mass is 9.76. The molecule has 1 N–H and O–H groups in total. The van der Waals surface area contributed by atoms with E-state index in [-0.39, 0.29) is 34.3 Å². The molecule has 0 unspecified atom stereocenters. The Balaban J connectivity index is 1.98. The smallest absolute Gasteiger partial charge is 0.310 e. The summed E-state index contributed by atoms with van der Waals surface area (Å²) in [6.07, 6.45) is 3.32. The Kier molecular flexibility index (Phi) is 6.21. The van der Waals surface area contributed by atoms with Crippen LogP contribution in [0, 0.1) is 17.8 Å². The number of benzene rings is 1. The number of rotatable bonds is 4. The molecule has 1 aliphatic carbocycles. The Hall–Kier alpha value is -0.930. The number of hydrogen-bond donors (Lipinski definition) is 1. The highest BCUT2D eigenvalue weighted by atomic mass is 35.5. The molecule has 0 heterocycles. The van der Waals surface area contributed by atoms with Crippen molar-refractivity contribution in [3.05, 3.63) is 27.7 Å². The molecule has 3 atom stereocenters. The minimum atomic E-state index is -0.274. The number of carbonyl (C=O) groups excluding carboxylic acids is 1. The molecule has 1 aliphatic rings. The molecule has 1 saturated carbocycles. The molecular formula is C18H24Cl2O3. The first-order valence-corrected chi connectivity index (χ1v) is 8.89. The monoisotopic (exact) mass is 358 g/mol. The van der Waals surface area contributed by atoms with Crippen LogP contribution in [0.5, 0.6) is 5.75 Å². The summed E-state index contributed by atoms with van der Waals surface area (Å²) in [6, 6.07) is 3.09. The maximum Gasteiger partial charge on any atom is 0.310 e. The molecule has 0 radical (unpaired) electrons. The molecule has 0 amide bonds. The summed E-state index contributed by atoms with van der Waals surface area (Å²) < 4.78 is 5.71. The normalized spacial score (nSPS) is 24.7. The highest BCUT2D eigenvalue weighted by molar-refractivity contribution is 6.37. The first kappa shape index (κ1) is 18.4. The maximum absolute atomic E-state index is 12.2. The lowest BCUT2D eigenvalue weighted by molar-refractivity contribution is -0.153. The van der Waals surface area contributed by atoms with Crippen LogP contribution in [0.15, 0.2) is 12.1 Å². The van der Waals surface area contributed by atoms with Crippen molar-refractivity contribution in [3.8, 4) is 5.75 Å². The van der Waals surface area contributed by atoms with Gasteiger partial charge in [0.15, 0.2) is 5.75 Å². The Labute approximate surface area is 147 Å². The standard InChI is InChI=1S/C18H24Cl2O3/c1-10(2)13-5-4-11(3)16(9-13)23-17(21)8-12-6-14(19)18(22)15(20)7-12/h6-7,10-11,13,16,22H,4-5,8-9H2,1-3H3/t11-,13-,16+/m1/s1. The molecule has 1 fully saturated rings. The third kappa shape index (κ3) is 4.77. The Bertz CT molecular complexity index is 548. The van der Waals surface area contributed by atoms with Crippen LogP contribution < -0.4 is 0 Å². The van der Waals surface area contributed by atoms with Gasteiger partial charge < -0.3 is 9.84 Å². The van der Waals surface area contributed by atoms with Crippen molar-refractivity contribution in [3.63, 3.8) is 0 Å². The van der Waals surface area contributed by atoms with Gasteiger partial charge in [-0.05, 0) is 54.7 Å². The third-order valence-electron chi connectivity index (χ3n) is 4.81. The molecule has 0 aromatic heterocycles. The number of phenolic OH excluding ortho intramolecular Hbond substituents is 1. The van der Waals surface area contributed by atoms with Crippen LogP contribution in [0.25, 0.3) is 0 Å². The molecule has 3 nitrogen and oxygen atoms in total. The summed E-state index contributed by atoms with van der Waals surface area (Å²) in [6.45, 7) is 6.59. The highest BCUT2D eigenvalue weighted by Gasteiger charge is 2.31. The molecular weight excluding hydrogens is 335 g/mol. The van der Waals surface area contributed by atoms with Crippen LogP contribution in [0.3, 0.4) is 0 Å². The van der Waals surface area contributed by atoms with Crippen molar-refractivity contribution in [2.75, 3.05) is 0 Å². The minimum Gasteiger partial charge on any atom is -0.505 e. The van der Waals surface area contributed by atoms with Gasteiger partial charge >= 0.3 is 5.97 Å². The summed E-state index contributed by atoms with van der Waals surface area (Å²) in [4.78, 5) is 12.2. The maximum atomic E-state index is 12.2. The largest absolute Gasteiger partial charge is 0.505 e. The molecule has 0 spiro atoms. The summed E-state index contributed by atoms with van der Waals surface area (Å²) >= 11 is 11.8. The van der Waals surface area contributed by atoms with Gasteiger partial charge in [-0.2, -0.15) is 0 Å². The predicted molar refractivity (Wildman–Crippen MR) is 93.1 cm³/mol. The lowest BCUT2D eigenvalue weighted by Gasteiger charge is -2.35. The van der Waals surface area contributed by atoms with Gasteiger partial charge in [-0.3, -0.25) is 4.79 Å². The van der Waals surface area contributed by atoms with Gasteiger partial charge in [-0.25, -0.2) is 0 Å². The second kappa shape index (κ2) is 7.76. The van der Waals surface area contributed by atoms with Gasteiger partial charge in [-0.15, -0.1) is 0 Å². The average molecular weight is 359 g/mol. The number of carbonyl (C=O) groups is 1. The van der Waals surface area contributed by atoms with Crippen LogP contribution >= 0.6 is 23.2 Å². The summed E-state index contributed by atoms with van der Waals surface area (Å²) in [5, 5.41) is 9.85. The van der Waals surface area contributed by atoms with E-state index in [0.717, 1.165) is 12.8 Å². The Morgan fingerprint density at radius 1 is 1.30 bits per heavy atom. The SMILES string of the molecule is CC(C)[C@@H]1CC[C@@H](C)[C@@H](OC(=O)Cc2cc(Cl)c(O)c(Cl)c2)C1. The zero-order chi connectivity index (χ0) is 17.1. The first-order valence-electron chi connectivity index (χ1n) is 8.14. The second-order valence-electron chi connectivity index (χ2n) is 6.91. The summed E-state index contributed by atoms with van der Waals surface area (Å²) in [5.74, 6) is 1.18. The molecule has 23 heavy (non-hydrogen) atoms. The quantitative estimate of drug-likeness (QED) is 0.748. The van der Waals surface area contributed by atoms with E-state index in [9.17, 15) is 9.90 Å². The predicted octanol–water partition coefficient (Wildman–Crippen LogP) is 5.25. The Morgan fingerprint density at radius 3 is 2.48 bits per heavy atom. The fourth-order valence-corrected chi connectivity index (χ4v) is 3.71. The molecule has 0 bridgehead atoms. The van der Waals surface area contributed by atoms with Crippen molar-refractivity contribution in [1.29, 1.82) is 0 Å². The number of aromatic hydroxyl groups is 1. The summed E-state index contributed by atoms with van der Waals surface area (Å²) in [7, 11) is 0. The molecule has 5 heteroatoms. The molecule has 2 rings (SSSR count). The number of ether oxygens (including phenoxy) is 1. The zero-order valence-corrected chi connectivity index (χ0v) is 15.3. The highest BCUT2D eigenvalue weighted by Crippen LogP contribution is 2.36. The van der Waals surface area contributed by atoms with E-state index < -0.39 is 0 Å². The van der Waals surface area contributed by atoms with Crippen LogP contribution in [0.4, 0.5) is 0 Å². The van der Waals surface area contributed by atoms with Gasteiger partial charge in [0.1, 0.15) is 6.10 Å². The molecule has 1 aromatic rings. The van der Waals surface area contributed by atoms with E-state index in [0.29, 0.717) is 23.3 Å². The lowest BCUT2D eigenvalue weighted by Crippen LogP contribution is -2.34. The van der Waals surface area contributed by atoms with E-state index in [1.165, 1.54) is 6.42 Å². The van der Waals surface area contributed by atoms with Crippen LogP contribution in [-0.2, 0) is 16.0 Å². The van der Waals surface area contributed by atoms with Crippen molar-refractivity contribution >= 4 is 29.2 Å².